The molecule has 1 rings (SSSR count). The van der Waals surface area contributed by atoms with Crippen LogP contribution in [0, 0.1) is 23.0 Å². The number of carbonyl (C=O) groups excluding carboxylic acids is 1. The van der Waals surface area contributed by atoms with Crippen LogP contribution in [-0.4, -0.2) is 23.5 Å². The maximum absolute atomic E-state index is 11.8. The van der Waals surface area contributed by atoms with E-state index in [4.69, 9.17) is 4.74 Å². The van der Waals surface area contributed by atoms with Crippen LogP contribution in [0.25, 0.3) is 0 Å². The van der Waals surface area contributed by atoms with Crippen molar-refractivity contribution in [1.82, 2.24) is 0 Å². The summed E-state index contributed by atoms with van der Waals surface area (Å²) in [7, 11) is 1.30. The summed E-state index contributed by atoms with van der Waals surface area (Å²) < 4.78 is 4.75. The predicted octanol–water partition coefficient (Wildman–Crippen LogP) is 2.94. The lowest BCUT2D eigenvalue weighted by molar-refractivity contribution is -0.566. The molecule has 110 valence electrons. The van der Waals surface area contributed by atoms with Gasteiger partial charge >= 0.3 is 5.97 Å². The van der Waals surface area contributed by atoms with Gasteiger partial charge in [-0.15, -0.1) is 0 Å². The number of carbonyl (C=O) groups is 1. The molecule has 0 N–H and O–H groups in total. The van der Waals surface area contributed by atoms with E-state index in [2.05, 4.69) is 0 Å². The van der Waals surface area contributed by atoms with Crippen LogP contribution >= 0.6 is 0 Å². The van der Waals surface area contributed by atoms with Crippen LogP contribution in [0.4, 0.5) is 0 Å². The number of hydrogen-bond acceptors (Lipinski definition) is 4. The van der Waals surface area contributed by atoms with Gasteiger partial charge in [0.1, 0.15) is 0 Å². The molecule has 0 aliphatic carbocycles. The monoisotopic (exact) mass is 279 g/mol. The number of methoxy groups -OCH3 is 1. The summed E-state index contributed by atoms with van der Waals surface area (Å²) in [6, 6.07) is 7.46. The molecule has 0 saturated carbocycles. The minimum atomic E-state index is -1.26. The molecule has 20 heavy (non-hydrogen) atoms. The largest absolute Gasteiger partial charge is 0.469 e. The summed E-state index contributed by atoms with van der Waals surface area (Å²) in [5.74, 6) is -1.58. The second kappa shape index (κ2) is 6.03. The van der Waals surface area contributed by atoms with Gasteiger partial charge in [-0.2, -0.15) is 0 Å². The van der Waals surface area contributed by atoms with Crippen molar-refractivity contribution in [2.45, 2.75) is 39.2 Å². The number of esters is 1. The Morgan fingerprint density at radius 1 is 1.30 bits per heavy atom. The van der Waals surface area contributed by atoms with Gasteiger partial charge in [0, 0.05) is 18.8 Å². The van der Waals surface area contributed by atoms with Gasteiger partial charge < -0.3 is 4.74 Å². The number of ether oxygens (including phenoxy) is 1. The van der Waals surface area contributed by atoms with Crippen LogP contribution in [0.15, 0.2) is 24.3 Å². The van der Waals surface area contributed by atoms with Crippen molar-refractivity contribution in [3.05, 3.63) is 45.5 Å². The van der Waals surface area contributed by atoms with Gasteiger partial charge in [0.05, 0.1) is 18.9 Å². The molecule has 0 spiro atoms. The number of nitrogens with zero attached hydrogens (tertiary/aromatic N) is 1. The number of hydrogen-bond donors (Lipinski definition) is 0. The molecule has 2 atom stereocenters. The average molecular weight is 279 g/mol. The van der Waals surface area contributed by atoms with Gasteiger partial charge in [-0.05, 0) is 12.5 Å². The predicted molar refractivity (Wildman–Crippen MR) is 76.2 cm³/mol. The standard InChI is InChI=1S/C15H21NO4/c1-10-6-8-12(9-7-10)13(11(2)14(17)20-5)15(3,4)16(18)19/h6-9,11,13H,1-5H3. The SMILES string of the molecule is COC(=O)C(C)C(c1ccc(C)cc1)C(C)(C)[N+](=O)[O-]. The Labute approximate surface area is 119 Å². The Morgan fingerprint density at radius 2 is 1.80 bits per heavy atom. The fourth-order valence-electron chi connectivity index (χ4n) is 2.52. The molecule has 0 fully saturated rings. The first-order valence-electron chi connectivity index (χ1n) is 6.50. The van der Waals surface area contributed by atoms with Crippen LogP contribution in [0.1, 0.15) is 37.8 Å². The number of rotatable bonds is 5. The second-order valence-electron chi connectivity index (χ2n) is 5.61. The minimum absolute atomic E-state index is 0.336. The van der Waals surface area contributed by atoms with Crippen LogP contribution in [0.3, 0.4) is 0 Å². The van der Waals surface area contributed by atoms with Crippen LogP contribution in [0.2, 0.25) is 0 Å². The number of benzene rings is 1. The van der Waals surface area contributed by atoms with Crippen molar-refractivity contribution in [2.75, 3.05) is 7.11 Å². The molecule has 1 aromatic rings. The molecule has 0 saturated heterocycles. The number of aryl methyl sites for hydroxylation is 1. The Balaban J connectivity index is 3.31. The first-order chi connectivity index (χ1) is 9.21. The third-order valence-electron chi connectivity index (χ3n) is 3.74. The molecule has 0 aromatic heterocycles. The van der Waals surface area contributed by atoms with E-state index in [0.29, 0.717) is 0 Å². The molecule has 0 radical (unpaired) electrons. The molecule has 5 heteroatoms. The first-order valence-corrected chi connectivity index (χ1v) is 6.50. The lowest BCUT2D eigenvalue weighted by Gasteiger charge is -2.30. The van der Waals surface area contributed by atoms with Crippen LogP contribution < -0.4 is 0 Å². The lowest BCUT2D eigenvalue weighted by Crippen LogP contribution is -2.43. The maximum Gasteiger partial charge on any atom is 0.309 e. The van der Waals surface area contributed by atoms with E-state index in [1.54, 1.807) is 6.92 Å². The van der Waals surface area contributed by atoms with Crippen molar-refractivity contribution < 1.29 is 14.5 Å². The van der Waals surface area contributed by atoms with E-state index in [9.17, 15) is 14.9 Å². The highest BCUT2D eigenvalue weighted by atomic mass is 16.6. The molecular formula is C15H21NO4. The van der Waals surface area contributed by atoms with E-state index in [1.165, 1.54) is 21.0 Å². The van der Waals surface area contributed by atoms with Crippen molar-refractivity contribution in [2.24, 2.45) is 5.92 Å². The molecule has 1 aromatic carbocycles. The highest BCUT2D eigenvalue weighted by molar-refractivity contribution is 5.73. The molecule has 0 heterocycles. The molecule has 0 aliphatic rings. The Morgan fingerprint density at radius 3 is 2.20 bits per heavy atom. The second-order valence-corrected chi connectivity index (χ2v) is 5.61. The average Bonchev–Trinajstić information content (AvgIpc) is 2.39. The third kappa shape index (κ3) is 3.15. The quantitative estimate of drug-likeness (QED) is 0.472. The summed E-state index contributed by atoms with van der Waals surface area (Å²) in [5, 5.41) is 11.4. The maximum atomic E-state index is 11.8. The summed E-state index contributed by atoms with van der Waals surface area (Å²) in [6.07, 6.45) is 0. The molecule has 2 unspecified atom stereocenters. The highest BCUT2D eigenvalue weighted by Crippen LogP contribution is 2.37. The Hall–Kier alpha value is -1.91. The van der Waals surface area contributed by atoms with Gasteiger partial charge in [0.2, 0.25) is 5.54 Å². The topological polar surface area (TPSA) is 69.4 Å². The zero-order valence-electron chi connectivity index (χ0n) is 12.5. The molecule has 0 aliphatic heterocycles. The molecule has 5 nitrogen and oxygen atoms in total. The van der Waals surface area contributed by atoms with Crippen molar-refractivity contribution in [3.63, 3.8) is 0 Å². The lowest BCUT2D eigenvalue weighted by atomic mass is 9.74. The van der Waals surface area contributed by atoms with Gasteiger partial charge in [0.15, 0.2) is 0 Å². The van der Waals surface area contributed by atoms with Crippen LogP contribution in [-0.2, 0) is 9.53 Å². The molecule has 0 bridgehead atoms. The molecule has 0 amide bonds. The highest BCUT2D eigenvalue weighted by Gasteiger charge is 2.47. The van der Waals surface area contributed by atoms with E-state index in [0.717, 1.165) is 11.1 Å². The van der Waals surface area contributed by atoms with Crippen molar-refractivity contribution >= 4 is 5.97 Å². The smallest absolute Gasteiger partial charge is 0.309 e. The van der Waals surface area contributed by atoms with Gasteiger partial charge in [-0.3, -0.25) is 14.9 Å². The van der Waals surface area contributed by atoms with Crippen LogP contribution in [0.5, 0.6) is 0 Å². The van der Waals surface area contributed by atoms with E-state index in [1.807, 2.05) is 31.2 Å². The fraction of sp³-hybridized carbons (Fsp3) is 0.533. The summed E-state index contributed by atoms with van der Waals surface area (Å²) in [5.41, 5.74) is 0.579. The zero-order chi connectivity index (χ0) is 15.5. The summed E-state index contributed by atoms with van der Waals surface area (Å²) in [4.78, 5) is 22.9. The zero-order valence-corrected chi connectivity index (χ0v) is 12.5. The minimum Gasteiger partial charge on any atom is -0.469 e. The summed E-state index contributed by atoms with van der Waals surface area (Å²) in [6.45, 7) is 6.69. The van der Waals surface area contributed by atoms with Crippen molar-refractivity contribution in [1.29, 1.82) is 0 Å². The number of nitro groups is 1. The first kappa shape index (κ1) is 16.1. The fourth-order valence-corrected chi connectivity index (χ4v) is 2.52. The third-order valence-corrected chi connectivity index (χ3v) is 3.74. The molecular weight excluding hydrogens is 258 g/mol. The normalized spacial score (nSPS) is 14.4. The van der Waals surface area contributed by atoms with Gasteiger partial charge in [-0.25, -0.2) is 0 Å². The Bertz CT molecular complexity index is 493. The summed E-state index contributed by atoms with van der Waals surface area (Å²) >= 11 is 0. The van der Waals surface area contributed by atoms with Crippen molar-refractivity contribution in [3.8, 4) is 0 Å². The van der Waals surface area contributed by atoms with E-state index >= 15 is 0 Å². The van der Waals surface area contributed by atoms with E-state index in [-0.39, 0.29) is 4.92 Å². The van der Waals surface area contributed by atoms with Gasteiger partial charge in [0.25, 0.3) is 0 Å². The Kier molecular flexibility index (Phi) is 4.87. The van der Waals surface area contributed by atoms with Gasteiger partial charge in [-0.1, -0.05) is 36.8 Å². The van der Waals surface area contributed by atoms with E-state index < -0.39 is 23.3 Å².